The lowest BCUT2D eigenvalue weighted by atomic mass is 10.0. The van der Waals surface area contributed by atoms with Gasteiger partial charge in [0.1, 0.15) is 5.82 Å². The molecule has 0 unspecified atom stereocenters. The summed E-state index contributed by atoms with van der Waals surface area (Å²) in [7, 11) is 3.09. The Morgan fingerprint density at radius 3 is 2.44 bits per heavy atom. The number of aryl methyl sites for hydroxylation is 1. The highest BCUT2D eigenvalue weighted by Gasteiger charge is 2.17. The molecule has 0 radical (unpaired) electrons. The molecule has 0 bridgehead atoms. The molecular formula is C11H17N3O2. The van der Waals surface area contributed by atoms with E-state index in [9.17, 15) is 4.79 Å². The van der Waals surface area contributed by atoms with Crippen LogP contribution in [0.4, 0.5) is 5.82 Å². The van der Waals surface area contributed by atoms with Crippen LogP contribution in [0.15, 0.2) is 0 Å². The molecule has 1 rings (SSSR count). The van der Waals surface area contributed by atoms with Gasteiger partial charge in [0.2, 0.25) is 5.82 Å². The standard InChI is InChI=1S/C11H17N3O2/c1-6(2)8-7(3)13-10(11(15)16-5)14-9(8)12-4/h6H,1-5H3,(H,12,13,14). The van der Waals surface area contributed by atoms with Crippen LogP contribution in [-0.2, 0) is 4.74 Å². The predicted molar refractivity (Wildman–Crippen MR) is 61.7 cm³/mol. The number of nitrogens with one attached hydrogen (secondary N) is 1. The van der Waals surface area contributed by atoms with Gasteiger partial charge in [-0.2, -0.15) is 0 Å². The summed E-state index contributed by atoms with van der Waals surface area (Å²) in [6.07, 6.45) is 0. The number of anilines is 1. The lowest BCUT2D eigenvalue weighted by molar-refractivity contribution is 0.0586. The van der Waals surface area contributed by atoms with E-state index in [2.05, 4.69) is 33.9 Å². The molecule has 16 heavy (non-hydrogen) atoms. The van der Waals surface area contributed by atoms with Gasteiger partial charge in [0, 0.05) is 18.3 Å². The fourth-order valence-electron chi connectivity index (χ4n) is 1.65. The van der Waals surface area contributed by atoms with Crippen LogP contribution in [0.25, 0.3) is 0 Å². The van der Waals surface area contributed by atoms with Gasteiger partial charge in [-0.1, -0.05) is 13.8 Å². The first-order valence-electron chi connectivity index (χ1n) is 5.15. The Morgan fingerprint density at radius 2 is 2.00 bits per heavy atom. The van der Waals surface area contributed by atoms with Crippen molar-refractivity contribution < 1.29 is 9.53 Å². The summed E-state index contributed by atoms with van der Waals surface area (Å²) in [6, 6.07) is 0. The van der Waals surface area contributed by atoms with Gasteiger partial charge in [0.15, 0.2) is 0 Å². The maximum absolute atomic E-state index is 11.3. The van der Waals surface area contributed by atoms with E-state index in [1.807, 2.05) is 6.92 Å². The van der Waals surface area contributed by atoms with E-state index in [1.54, 1.807) is 7.05 Å². The van der Waals surface area contributed by atoms with E-state index >= 15 is 0 Å². The zero-order valence-electron chi connectivity index (χ0n) is 10.3. The van der Waals surface area contributed by atoms with Crippen molar-refractivity contribution in [3.8, 4) is 0 Å². The van der Waals surface area contributed by atoms with Crippen LogP contribution in [0.5, 0.6) is 0 Å². The lowest BCUT2D eigenvalue weighted by Crippen LogP contribution is -2.13. The van der Waals surface area contributed by atoms with E-state index in [4.69, 9.17) is 0 Å². The molecule has 1 heterocycles. The average Bonchev–Trinajstić information content (AvgIpc) is 2.26. The number of hydrogen-bond acceptors (Lipinski definition) is 5. The number of hydrogen-bond donors (Lipinski definition) is 1. The summed E-state index contributed by atoms with van der Waals surface area (Å²) in [5, 5.41) is 2.98. The number of carbonyl (C=O) groups is 1. The molecular weight excluding hydrogens is 206 g/mol. The molecule has 1 aromatic rings. The van der Waals surface area contributed by atoms with Crippen LogP contribution in [0.2, 0.25) is 0 Å². The van der Waals surface area contributed by atoms with Crippen LogP contribution in [0, 0.1) is 6.92 Å². The molecule has 0 aliphatic carbocycles. The summed E-state index contributed by atoms with van der Waals surface area (Å²) >= 11 is 0. The number of aromatic nitrogens is 2. The number of carbonyl (C=O) groups excluding carboxylic acids is 1. The van der Waals surface area contributed by atoms with Crippen molar-refractivity contribution >= 4 is 11.8 Å². The van der Waals surface area contributed by atoms with E-state index in [0.717, 1.165) is 11.3 Å². The molecule has 1 N–H and O–H groups in total. The van der Waals surface area contributed by atoms with E-state index in [1.165, 1.54) is 7.11 Å². The highest BCUT2D eigenvalue weighted by molar-refractivity contribution is 5.85. The van der Waals surface area contributed by atoms with Gasteiger partial charge in [-0.05, 0) is 12.8 Å². The van der Waals surface area contributed by atoms with Crippen molar-refractivity contribution in [2.45, 2.75) is 26.7 Å². The second-order valence-corrected chi connectivity index (χ2v) is 3.79. The smallest absolute Gasteiger partial charge is 0.376 e. The predicted octanol–water partition coefficient (Wildman–Crippen LogP) is 1.74. The summed E-state index contributed by atoms with van der Waals surface area (Å²) in [4.78, 5) is 19.6. The summed E-state index contributed by atoms with van der Waals surface area (Å²) < 4.78 is 4.60. The molecule has 0 atom stereocenters. The van der Waals surface area contributed by atoms with E-state index < -0.39 is 5.97 Å². The summed E-state index contributed by atoms with van der Waals surface area (Å²) in [5.41, 5.74) is 1.82. The van der Waals surface area contributed by atoms with Crippen molar-refractivity contribution in [1.29, 1.82) is 0 Å². The molecule has 0 aromatic carbocycles. The van der Waals surface area contributed by atoms with Crippen LogP contribution >= 0.6 is 0 Å². The second-order valence-electron chi connectivity index (χ2n) is 3.79. The molecule has 0 aliphatic rings. The van der Waals surface area contributed by atoms with Gasteiger partial charge in [-0.3, -0.25) is 0 Å². The average molecular weight is 223 g/mol. The topological polar surface area (TPSA) is 64.1 Å². The quantitative estimate of drug-likeness (QED) is 0.791. The zero-order chi connectivity index (χ0) is 12.3. The van der Waals surface area contributed by atoms with Gasteiger partial charge in [-0.25, -0.2) is 14.8 Å². The Balaban J connectivity index is 3.32. The first-order chi connectivity index (χ1) is 7.51. The fraction of sp³-hybridized carbons (Fsp3) is 0.545. The Bertz CT molecular complexity index is 402. The second kappa shape index (κ2) is 4.92. The Kier molecular flexibility index (Phi) is 3.82. The van der Waals surface area contributed by atoms with E-state index in [0.29, 0.717) is 11.7 Å². The molecule has 0 saturated carbocycles. The SMILES string of the molecule is CNc1nc(C(=O)OC)nc(C)c1C(C)C. The Morgan fingerprint density at radius 1 is 1.38 bits per heavy atom. The molecule has 0 saturated heterocycles. The minimum absolute atomic E-state index is 0.0914. The first kappa shape index (κ1) is 12.4. The zero-order valence-corrected chi connectivity index (χ0v) is 10.3. The third-order valence-electron chi connectivity index (χ3n) is 2.32. The third-order valence-corrected chi connectivity index (χ3v) is 2.32. The number of nitrogens with zero attached hydrogens (tertiary/aromatic N) is 2. The normalized spacial score (nSPS) is 10.4. The molecule has 0 amide bonds. The minimum atomic E-state index is -0.519. The van der Waals surface area contributed by atoms with Gasteiger partial charge in [0.25, 0.3) is 0 Å². The van der Waals surface area contributed by atoms with Crippen molar-refractivity contribution in [2.75, 3.05) is 19.5 Å². The minimum Gasteiger partial charge on any atom is -0.463 e. The molecule has 5 heteroatoms. The molecule has 88 valence electrons. The van der Waals surface area contributed by atoms with E-state index in [-0.39, 0.29) is 5.82 Å². The van der Waals surface area contributed by atoms with Gasteiger partial charge in [-0.15, -0.1) is 0 Å². The molecule has 0 aliphatic heterocycles. The van der Waals surface area contributed by atoms with Crippen molar-refractivity contribution in [3.05, 3.63) is 17.1 Å². The Labute approximate surface area is 95.3 Å². The third kappa shape index (κ3) is 2.29. The van der Waals surface area contributed by atoms with Crippen molar-refractivity contribution in [1.82, 2.24) is 9.97 Å². The number of methoxy groups -OCH3 is 1. The van der Waals surface area contributed by atoms with Crippen LogP contribution in [-0.4, -0.2) is 30.1 Å². The molecule has 1 aromatic heterocycles. The Hall–Kier alpha value is -1.65. The highest BCUT2D eigenvalue weighted by Crippen LogP contribution is 2.24. The van der Waals surface area contributed by atoms with Crippen LogP contribution < -0.4 is 5.32 Å². The molecule has 0 spiro atoms. The lowest BCUT2D eigenvalue weighted by Gasteiger charge is -2.14. The highest BCUT2D eigenvalue weighted by atomic mass is 16.5. The van der Waals surface area contributed by atoms with Gasteiger partial charge in [0.05, 0.1) is 7.11 Å². The summed E-state index contributed by atoms with van der Waals surface area (Å²) in [6.45, 7) is 5.99. The number of ether oxygens (including phenoxy) is 1. The maximum Gasteiger partial charge on any atom is 0.376 e. The number of esters is 1. The largest absolute Gasteiger partial charge is 0.463 e. The van der Waals surface area contributed by atoms with Gasteiger partial charge < -0.3 is 10.1 Å². The van der Waals surface area contributed by atoms with Crippen molar-refractivity contribution in [3.63, 3.8) is 0 Å². The number of rotatable bonds is 3. The molecule has 5 nitrogen and oxygen atoms in total. The monoisotopic (exact) mass is 223 g/mol. The van der Waals surface area contributed by atoms with Gasteiger partial charge >= 0.3 is 5.97 Å². The van der Waals surface area contributed by atoms with Crippen molar-refractivity contribution in [2.24, 2.45) is 0 Å². The fourth-order valence-corrected chi connectivity index (χ4v) is 1.65. The molecule has 0 fully saturated rings. The van der Waals surface area contributed by atoms with Crippen LogP contribution in [0.1, 0.15) is 41.6 Å². The van der Waals surface area contributed by atoms with Crippen LogP contribution in [0.3, 0.4) is 0 Å². The maximum atomic E-state index is 11.3. The first-order valence-corrected chi connectivity index (χ1v) is 5.15. The summed E-state index contributed by atoms with van der Waals surface area (Å²) in [5.74, 6) is 0.556.